The summed E-state index contributed by atoms with van der Waals surface area (Å²) in [6.07, 6.45) is 1.26. The average Bonchev–Trinajstić information content (AvgIpc) is 3.15. The number of anilines is 2. The van der Waals surface area contributed by atoms with E-state index in [9.17, 15) is 14.9 Å². The van der Waals surface area contributed by atoms with Gasteiger partial charge in [0, 0.05) is 24.9 Å². The monoisotopic (exact) mass is 341 g/mol. The Bertz CT molecular complexity index is 772. The van der Waals surface area contributed by atoms with Gasteiger partial charge in [-0.15, -0.1) is 0 Å². The molecule has 0 saturated carbocycles. The van der Waals surface area contributed by atoms with E-state index < -0.39 is 4.92 Å². The average molecular weight is 341 g/mol. The molecule has 1 aliphatic heterocycles. The van der Waals surface area contributed by atoms with Crippen LogP contribution in [0, 0.1) is 10.1 Å². The summed E-state index contributed by atoms with van der Waals surface area (Å²) in [4.78, 5) is 22.7. The normalized spacial score (nSPS) is 16.4. The maximum absolute atomic E-state index is 12.1. The number of rotatable bonds is 6. The minimum atomic E-state index is -0.416. The lowest BCUT2D eigenvalue weighted by molar-refractivity contribution is -0.384. The van der Waals surface area contributed by atoms with Gasteiger partial charge in [-0.1, -0.05) is 24.3 Å². The Morgan fingerprint density at radius 1 is 1.24 bits per heavy atom. The molecule has 1 atom stereocenters. The van der Waals surface area contributed by atoms with Crippen LogP contribution in [0.3, 0.4) is 0 Å². The molecule has 1 fully saturated rings. The molecule has 1 amide bonds. The van der Waals surface area contributed by atoms with Crippen molar-refractivity contribution in [2.24, 2.45) is 0 Å². The first-order chi connectivity index (χ1) is 12.1. The van der Waals surface area contributed by atoms with E-state index >= 15 is 0 Å². The van der Waals surface area contributed by atoms with Crippen LogP contribution in [0.1, 0.15) is 18.4 Å². The Kier molecular flexibility index (Phi) is 5.25. The van der Waals surface area contributed by atoms with E-state index in [0.717, 1.165) is 18.4 Å². The molecule has 0 aliphatic carbocycles. The second-order valence-electron chi connectivity index (χ2n) is 5.82. The van der Waals surface area contributed by atoms with Crippen molar-refractivity contribution in [3.8, 4) is 0 Å². The molecule has 2 aromatic rings. The van der Waals surface area contributed by atoms with E-state index in [2.05, 4.69) is 10.6 Å². The lowest BCUT2D eigenvalue weighted by atomic mass is 10.1. The summed E-state index contributed by atoms with van der Waals surface area (Å²) >= 11 is 0. The largest absolute Gasteiger partial charge is 0.375 e. The fourth-order valence-electron chi connectivity index (χ4n) is 2.75. The quantitative estimate of drug-likeness (QED) is 0.621. The van der Waals surface area contributed by atoms with E-state index in [0.29, 0.717) is 24.5 Å². The van der Waals surface area contributed by atoms with Gasteiger partial charge in [0.15, 0.2) is 0 Å². The SMILES string of the molecule is O=C(Nc1cccc(CNc2ccccc2[N+](=O)[O-])c1)C1CCCO1. The van der Waals surface area contributed by atoms with Crippen molar-refractivity contribution < 1.29 is 14.5 Å². The summed E-state index contributed by atoms with van der Waals surface area (Å²) < 4.78 is 5.37. The van der Waals surface area contributed by atoms with Crippen LogP contribution in [0.25, 0.3) is 0 Å². The summed E-state index contributed by atoms with van der Waals surface area (Å²) in [5.74, 6) is -0.138. The first-order valence-electron chi connectivity index (χ1n) is 8.12. The minimum absolute atomic E-state index is 0.0327. The summed E-state index contributed by atoms with van der Waals surface area (Å²) in [7, 11) is 0. The Hall–Kier alpha value is -2.93. The molecule has 25 heavy (non-hydrogen) atoms. The minimum Gasteiger partial charge on any atom is -0.375 e. The Labute approximate surface area is 145 Å². The number of amides is 1. The van der Waals surface area contributed by atoms with Crippen molar-refractivity contribution >= 4 is 23.0 Å². The number of para-hydroxylation sites is 2. The van der Waals surface area contributed by atoms with Crippen molar-refractivity contribution in [3.63, 3.8) is 0 Å². The zero-order valence-electron chi connectivity index (χ0n) is 13.6. The smallest absolute Gasteiger partial charge is 0.292 e. The molecule has 1 saturated heterocycles. The summed E-state index contributed by atoms with van der Waals surface area (Å²) in [6, 6.07) is 13.9. The highest BCUT2D eigenvalue weighted by atomic mass is 16.6. The van der Waals surface area contributed by atoms with Crippen LogP contribution in [0.5, 0.6) is 0 Å². The van der Waals surface area contributed by atoms with Crippen molar-refractivity contribution in [1.29, 1.82) is 0 Å². The van der Waals surface area contributed by atoms with E-state index in [1.165, 1.54) is 6.07 Å². The number of carbonyl (C=O) groups is 1. The highest BCUT2D eigenvalue weighted by Gasteiger charge is 2.23. The van der Waals surface area contributed by atoms with E-state index in [1.54, 1.807) is 24.3 Å². The molecular formula is C18H19N3O4. The van der Waals surface area contributed by atoms with Gasteiger partial charge in [0.1, 0.15) is 11.8 Å². The second kappa shape index (κ2) is 7.76. The van der Waals surface area contributed by atoms with Crippen LogP contribution in [0.2, 0.25) is 0 Å². The zero-order chi connectivity index (χ0) is 17.6. The number of nitro benzene ring substituents is 1. The molecular weight excluding hydrogens is 322 g/mol. The van der Waals surface area contributed by atoms with Gasteiger partial charge < -0.3 is 15.4 Å². The lowest BCUT2D eigenvalue weighted by Crippen LogP contribution is -2.26. The first kappa shape index (κ1) is 16.9. The Morgan fingerprint density at radius 3 is 2.84 bits per heavy atom. The molecule has 0 bridgehead atoms. The number of hydrogen-bond acceptors (Lipinski definition) is 5. The molecule has 0 aromatic heterocycles. The predicted molar refractivity (Wildman–Crippen MR) is 94.5 cm³/mol. The van der Waals surface area contributed by atoms with E-state index in [-0.39, 0.29) is 17.7 Å². The van der Waals surface area contributed by atoms with Gasteiger partial charge in [-0.05, 0) is 36.6 Å². The maximum atomic E-state index is 12.1. The molecule has 3 rings (SSSR count). The Morgan fingerprint density at radius 2 is 2.08 bits per heavy atom. The summed E-state index contributed by atoms with van der Waals surface area (Å²) in [5.41, 5.74) is 2.08. The van der Waals surface area contributed by atoms with E-state index in [4.69, 9.17) is 4.74 Å². The van der Waals surface area contributed by atoms with Crippen LogP contribution in [-0.4, -0.2) is 23.5 Å². The molecule has 7 heteroatoms. The van der Waals surface area contributed by atoms with Gasteiger partial charge in [-0.3, -0.25) is 14.9 Å². The fourth-order valence-corrected chi connectivity index (χ4v) is 2.75. The van der Waals surface area contributed by atoms with Gasteiger partial charge in [-0.2, -0.15) is 0 Å². The molecule has 7 nitrogen and oxygen atoms in total. The van der Waals surface area contributed by atoms with Gasteiger partial charge >= 0.3 is 0 Å². The first-order valence-corrected chi connectivity index (χ1v) is 8.12. The topological polar surface area (TPSA) is 93.5 Å². The molecule has 1 aliphatic rings. The number of nitro groups is 1. The van der Waals surface area contributed by atoms with Crippen molar-refractivity contribution in [1.82, 2.24) is 0 Å². The van der Waals surface area contributed by atoms with E-state index in [1.807, 2.05) is 18.2 Å². The van der Waals surface area contributed by atoms with Crippen molar-refractivity contribution in [2.45, 2.75) is 25.5 Å². The number of ether oxygens (including phenoxy) is 1. The van der Waals surface area contributed by atoms with Crippen LogP contribution in [0.15, 0.2) is 48.5 Å². The van der Waals surface area contributed by atoms with Crippen molar-refractivity contribution in [2.75, 3.05) is 17.2 Å². The lowest BCUT2D eigenvalue weighted by Gasteiger charge is -2.12. The second-order valence-corrected chi connectivity index (χ2v) is 5.82. The standard InChI is InChI=1S/C18H19N3O4/c22-18(17-9-4-10-25-17)20-14-6-3-5-13(11-14)12-19-15-7-1-2-8-16(15)21(23)24/h1-3,5-8,11,17,19H,4,9-10,12H2,(H,20,22). The Balaban J connectivity index is 1.64. The number of nitrogens with one attached hydrogen (secondary N) is 2. The molecule has 130 valence electrons. The predicted octanol–water partition coefficient (Wildman–Crippen LogP) is 3.32. The van der Waals surface area contributed by atoms with Crippen molar-refractivity contribution in [3.05, 3.63) is 64.2 Å². The third-order valence-corrected chi connectivity index (χ3v) is 4.00. The molecule has 1 unspecified atom stereocenters. The van der Waals surface area contributed by atoms with Crippen LogP contribution in [0.4, 0.5) is 17.1 Å². The number of nitrogens with zero attached hydrogens (tertiary/aromatic N) is 1. The molecule has 1 heterocycles. The van der Waals surface area contributed by atoms with Gasteiger partial charge in [0.2, 0.25) is 0 Å². The fraction of sp³-hybridized carbons (Fsp3) is 0.278. The third kappa shape index (κ3) is 4.33. The maximum Gasteiger partial charge on any atom is 0.292 e. The molecule has 0 radical (unpaired) electrons. The molecule has 0 spiro atoms. The highest BCUT2D eigenvalue weighted by Crippen LogP contribution is 2.24. The highest BCUT2D eigenvalue weighted by molar-refractivity contribution is 5.94. The van der Waals surface area contributed by atoms with Crippen LogP contribution >= 0.6 is 0 Å². The summed E-state index contributed by atoms with van der Waals surface area (Å²) in [6.45, 7) is 1.03. The third-order valence-electron chi connectivity index (χ3n) is 4.00. The van der Waals surface area contributed by atoms with Crippen LogP contribution in [-0.2, 0) is 16.1 Å². The van der Waals surface area contributed by atoms with Gasteiger partial charge in [0.05, 0.1) is 4.92 Å². The molecule has 2 N–H and O–H groups in total. The van der Waals surface area contributed by atoms with Crippen LogP contribution < -0.4 is 10.6 Å². The summed E-state index contributed by atoms with van der Waals surface area (Å²) in [5, 5.41) is 17.0. The number of hydrogen-bond donors (Lipinski definition) is 2. The van der Waals surface area contributed by atoms with Gasteiger partial charge in [-0.25, -0.2) is 0 Å². The number of carbonyl (C=O) groups excluding carboxylic acids is 1. The zero-order valence-corrected chi connectivity index (χ0v) is 13.6. The molecule has 2 aromatic carbocycles. The number of benzene rings is 2. The van der Waals surface area contributed by atoms with Gasteiger partial charge in [0.25, 0.3) is 11.6 Å².